The average molecular weight is 286 g/mol. The lowest BCUT2D eigenvalue weighted by atomic mass is 10.0. The van der Waals surface area contributed by atoms with Crippen LogP contribution in [-0.2, 0) is 6.18 Å². The number of nitrogens with two attached hydrogens (primary N) is 1. The number of halogens is 3. The van der Waals surface area contributed by atoms with Gasteiger partial charge in [0.05, 0.1) is 5.56 Å². The first-order valence-electron chi connectivity index (χ1n) is 6.68. The van der Waals surface area contributed by atoms with E-state index in [1.807, 2.05) is 0 Å². The number of nitrogens with one attached hydrogen (secondary N) is 1. The summed E-state index contributed by atoms with van der Waals surface area (Å²) in [6.07, 6.45) is -4.40. The van der Waals surface area contributed by atoms with Gasteiger partial charge in [-0.25, -0.2) is 0 Å². The second-order valence-electron chi connectivity index (χ2n) is 6.68. The summed E-state index contributed by atoms with van der Waals surface area (Å²) < 4.78 is 38.9. The van der Waals surface area contributed by atoms with Crippen molar-refractivity contribution < 1.29 is 13.2 Å². The van der Waals surface area contributed by atoms with E-state index in [0.717, 1.165) is 6.07 Å². The van der Waals surface area contributed by atoms with Gasteiger partial charge in [0, 0.05) is 17.9 Å². The normalized spacial score (nSPS) is 20.8. The van der Waals surface area contributed by atoms with E-state index < -0.39 is 11.7 Å². The van der Waals surface area contributed by atoms with Crippen LogP contribution in [0.2, 0.25) is 0 Å². The van der Waals surface area contributed by atoms with E-state index in [0.29, 0.717) is 12.5 Å². The van der Waals surface area contributed by atoms with Gasteiger partial charge in [-0.15, -0.1) is 0 Å². The summed E-state index contributed by atoms with van der Waals surface area (Å²) in [6.45, 7) is 9.12. The summed E-state index contributed by atoms with van der Waals surface area (Å²) in [5, 5.41) is 2.94. The largest absolute Gasteiger partial charge is 0.418 e. The molecule has 5 heteroatoms. The van der Waals surface area contributed by atoms with E-state index in [9.17, 15) is 13.2 Å². The molecule has 0 radical (unpaired) electrons. The minimum absolute atomic E-state index is 0.102. The van der Waals surface area contributed by atoms with Crippen molar-refractivity contribution >= 4 is 11.4 Å². The Morgan fingerprint density at radius 2 is 1.70 bits per heavy atom. The first-order valence-corrected chi connectivity index (χ1v) is 6.68. The summed E-state index contributed by atoms with van der Waals surface area (Å²) in [5.41, 5.74) is 5.26. The minimum Gasteiger partial charge on any atom is -0.399 e. The Morgan fingerprint density at radius 1 is 1.15 bits per heavy atom. The van der Waals surface area contributed by atoms with Crippen molar-refractivity contribution in [2.24, 2.45) is 16.7 Å². The monoisotopic (exact) mass is 286 g/mol. The molecule has 3 N–H and O–H groups in total. The fourth-order valence-electron chi connectivity index (χ4n) is 3.01. The van der Waals surface area contributed by atoms with E-state index in [1.165, 1.54) is 12.1 Å². The lowest BCUT2D eigenvalue weighted by Crippen LogP contribution is -2.14. The Balaban J connectivity index is 2.16. The molecule has 0 aliphatic heterocycles. The number of hydrogen-bond acceptors (Lipinski definition) is 2. The Hall–Kier alpha value is -1.39. The number of hydrogen-bond donors (Lipinski definition) is 2. The van der Waals surface area contributed by atoms with Gasteiger partial charge in [0.15, 0.2) is 0 Å². The topological polar surface area (TPSA) is 38.0 Å². The van der Waals surface area contributed by atoms with Crippen molar-refractivity contribution in [3.05, 3.63) is 23.8 Å². The van der Waals surface area contributed by atoms with Gasteiger partial charge in [-0.3, -0.25) is 0 Å². The van der Waals surface area contributed by atoms with Crippen LogP contribution in [0, 0.1) is 16.7 Å². The molecule has 1 aliphatic carbocycles. The van der Waals surface area contributed by atoms with Crippen LogP contribution in [0.3, 0.4) is 0 Å². The molecule has 1 saturated carbocycles. The maximum atomic E-state index is 13.0. The van der Waals surface area contributed by atoms with Crippen molar-refractivity contribution in [2.75, 3.05) is 17.6 Å². The summed E-state index contributed by atoms with van der Waals surface area (Å²) in [5.74, 6) is 0.355. The summed E-state index contributed by atoms with van der Waals surface area (Å²) >= 11 is 0. The predicted molar refractivity (Wildman–Crippen MR) is 75.4 cm³/mol. The van der Waals surface area contributed by atoms with E-state index >= 15 is 0 Å². The van der Waals surface area contributed by atoms with Crippen molar-refractivity contribution in [1.29, 1.82) is 0 Å². The number of nitrogen functional groups attached to an aromatic ring is 1. The van der Waals surface area contributed by atoms with Crippen LogP contribution in [0.25, 0.3) is 0 Å². The van der Waals surface area contributed by atoms with Gasteiger partial charge in [-0.05, 0) is 34.9 Å². The second kappa shape index (κ2) is 4.30. The minimum atomic E-state index is -4.40. The van der Waals surface area contributed by atoms with Crippen molar-refractivity contribution in [2.45, 2.75) is 33.9 Å². The third-order valence-corrected chi connectivity index (χ3v) is 5.17. The fourth-order valence-corrected chi connectivity index (χ4v) is 3.01. The second-order valence-corrected chi connectivity index (χ2v) is 6.68. The predicted octanol–water partition coefficient (Wildman–Crippen LogP) is 4.38. The van der Waals surface area contributed by atoms with Crippen LogP contribution in [-0.4, -0.2) is 6.54 Å². The van der Waals surface area contributed by atoms with Crippen LogP contribution in [0.15, 0.2) is 18.2 Å². The highest BCUT2D eigenvalue weighted by Gasteiger charge is 2.64. The van der Waals surface area contributed by atoms with Crippen LogP contribution >= 0.6 is 0 Å². The molecule has 0 bridgehead atoms. The molecule has 20 heavy (non-hydrogen) atoms. The van der Waals surface area contributed by atoms with Gasteiger partial charge >= 0.3 is 6.18 Å². The molecule has 2 rings (SSSR count). The Morgan fingerprint density at radius 3 is 2.15 bits per heavy atom. The van der Waals surface area contributed by atoms with Crippen molar-refractivity contribution in [3.8, 4) is 0 Å². The number of anilines is 2. The van der Waals surface area contributed by atoms with E-state index in [1.54, 1.807) is 0 Å². The zero-order valence-electron chi connectivity index (χ0n) is 12.2. The molecule has 0 saturated heterocycles. The first kappa shape index (κ1) is 15.0. The van der Waals surface area contributed by atoms with Crippen LogP contribution in [0.5, 0.6) is 0 Å². The molecule has 0 unspecified atom stereocenters. The number of rotatable bonds is 3. The quantitative estimate of drug-likeness (QED) is 0.809. The lowest BCUT2D eigenvalue weighted by Gasteiger charge is -2.15. The molecule has 1 aromatic rings. The molecule has 0 heterocycles. The van der Waals surface area contributed by atoms with Crippen LogP contribution in [0.4, 0.5) is 24.5 Å². The van der Waals surface area contributed by atoms with Gasteiger partial charge in [-0.2, -0.15) is 13.2 Å². The maximum Gasteiger partial charge on any atom is 0.418 e. The molecular formula is C15H21F3N2. The molecule has 2 nitrogen and oxygen atoms in total. The van der Waals surface area contributed by atoms with Gasteiger partial charge < -0.3 is 11.1 Å². The lowest BCUT2D eigenvalue weighted by molar-refractivity contribution is -0.136. The highest BCUT2D eigenvalue weighted by Crippen LogP contribution is 2.68. The molecule has 112 valence electrons. The fraction of sp³-hybridized carbons (Fsp3) is 0.600. The molecule has 0 atom stereocenters. The Bertz CT molecular complexity index is 504. The average Bonchev–Trinajstić information content (AvgIpc) is 2.67. The molecule has 1 fully saturated rings. The van der Waals surface area contributed by atoms with E-state index in [2.05, 4.69) is 33.0 Å². The molecule has 1 aromatic carbocycles. The third kappa shape index (κ3) is 2.34. The standard InChI is InChI=1S/C15H21F3N2/c1-13(2)12(14(13,3)4)8-20-11-6-5-9(19)7-10(11)15(16,17)18/h5-7,12,20H,8,19H2,1-4H3. The maximum absolute atomic E-state index is 13.0. The number of alkyl halides is 3. The SMILES string of the molecule is CC1(C)C(CNc2ccc(N)cc2C(F)(F)F)C1(C)C. The van der Waals surface area contributed by atoms with Gasteiger partial charge in [0.2, 0.25) is 0 Å². The Labute approximate surface area is 117 Å². The molecule has 0 amide bonds. The summed E-state index contributed by atoms with van der Waals surface area (Å²) in [7, 11) is 0. The highest BCUT2D eigenvalue weighted by molar-refractivity contribution is 5.59. The summed E-state index contributed by atoms with van der Waals surface area (Å²) in [6, 6.07) is 3.87. The van der Waals surface area contributed by atoms with Crippen LogP contribution < -0.4 is 11.1 Å². The zero-order valence-corrected chi connectivity index (χ0v) is 12.2. The Kier molecular flexibility index (Phi) is 3.23. The van der Waals surface area contributed by atoms with Gasteiger partial charge in [-0.1, -0.05) is 27.7 Å². The number of benzene rings is 1. The first-order chi connectivity index (χ1) is 8.98. The highest BCUT2D eigenvalue weighted by atomic mass is 19.4. The molecule has 1 aliphatic rings. The van der Waals surface area contributed by atoms with E-state index in [-0.39, 0.29) is 22.2 Å². The van der Waals surface area contributed by atoms with E-state index in [4.69, 9.17) is 5.73 Å². The van der Waals surface area contributed by atoms with Crippen molar-refractivity contribution in [3.63, 3.8) is 0 Å². The third-order valence-electron chi connectivity index (χ3n) is 5.17. The summed E-state index contributed by atoms with van der Waals surface area (Å²) in [4.78, 5) is 0. The molecule has 0 spiro atoms. The smallest absolute Gasteiger partial charge is 0.399 e. The van der Waals surface area contributed by atoms with Gasteiger partial charge in [0.1, 0.15) is 0 Å². The zero-order chi connectivity index (χ0) is 15.3. The van der Waals surface area contributed by atoms with Gasteiger partial charge in [0.25, 0.3) is 0 Å². The van der Waals surface area contributed by atoms with Crippen molar-refractivity contribution in [1.82, 2.24) is 0 Å². The molecular weight excluding hydrogens is 265 g/mol. The van der Waals surface area contributed by atoms with Crippen LogP contribution in [0.1, 0.15) is 33.3 Å². The molecule has 0 aromatic heterocycles.